The van der Waals surface area contributed by atoms with Crippen molar-refractivity contribution < 1.29 is 0 Å². The van der Waals surface area contributed by atoms with E-state index >= 15 is 0 Å². The maximum Gasteiger partial charge on any atom is 0.0998 e. The number of rotatable bonds is 4. The lowest BCUT2D eigenvalue weighted by molar-refractivity contribution is 0.649. The van der Waals surface area contributed by atoms with Crippen LogP contribution in [0.4, 0.5) is 11.4 Å². The average molecular weight is 640 g/mol. The van der Waals surface area contributed by atoms with E-state index in [2.05, 4.69) is 131 Å². The summed E-state index contributed by atoms with van der Waals surface area (Å²) >= 11 is 0. The van der Waals surface area contributed by atoms with E-state index < -0.39 is 0 Å². The highest BCUT2D eigenvalue weighted by molar-refractivity contribution is 6.08. The van der Waals surface area contributed by atoms with E-state index in [0.29, 0.717) is 16.7 Å². The summed E-state index contributed by atoms with van der Waals surface area (Å²) in [4.78, 5) is 2.36. The van der Waals surface area contributed by atoms with Gasteiger partial charge in [0.2, 0.25) is 0 Å². The molecule has 3 aliphatic rings. The molecule has 5 aromatic carbocycles. The summed E-state index contributed by atoms with van der Waals surface area (Å²) in [5.41, 5.74) is 11.4. The second kappa shape index (κ2) is 11.7. The SMILES string of the molecule is N#Cc1ccc2c(c1)c1ccccc1n2C1C=CC(c2cc(-c3ccccc3N3c4cccc(C#N)c4C4C=CC=CC43)ccc2C#N)=CC1. The molecule has 0 fully saturated rings. The van der Waals surface area contributed by atoms with Crippen LogP contribution in [0.2, 0.25) is 0 Å². The Morgan fingerprint density at radius 1 is 0.620 bits per heavy atom. The largest absolute Gasteiger partial charge is 0.333 e. The number of hydrogen-bond acceptors (Lipinski definition) is 4. The summed E-state index contributed by atoms with van der Waals surface area (Å²) in [5.74, 6) is 0.0869. The molecule has 50 heavy (non-hydrogen) atoms. The van der Waals surface area contributed by atoms with Gasteiger partial charge in [0.25, 0.3) is 0 Å². The predicted octanol–water partition coefficient (Wildman–Crippen LogP) is 10.4. The molecule has 5 heteroatoms. The van der Waals surface area contributed by atoms with Gasteiger partial charge in [-0.05, 0) is 77.7 Å². The van der Waals surface area contributed by atoms with Gasteiger partial charge in [0.05, 0.1) is 47.0 Å². The monoisotopic (exact) mass is 639 g/mol. The minimum absolute atomic E-state index is 0.0526. The summed E-state index contributed by atoms with van der Waals surface area (Å²) in [5, 5.41) is 32.0. The Morgan fingerprint density at radius 3 is 2.26 bits per heavy atom. The first-order valence-electron chi connectivity index (χ1n) is 16.8. The van der Waals surface area contributed by atoms with Crippen LogP contribution in [0.3, 0.4) is 0 Å². The number of para-hydroxylation sites is 2. The molecule has 0 amide bonds. The van der Waals surface area contributed by atoms with Crippen LogP contribution in [0.1, 0.15) is 46.2 Å². The summed E-state index contributed by atoms with van der Waals surface area (Å²) in [6.07, 6.45) is 16.0. The maximum absolute atomic E-state index is 10.2. The number of aromatic nitrogens is 1. The van der Waals surface area contributed by atoms with Crippen molar-refractivity contribution in [2.75, 3.05) is 4.90 Å². The summed E-state index contributed by atoms with van der Waals surface area (Å²) < 4.78 is 2.36. The van der Waals surface area contributed by atoms with Crippen molar-refractivity contribution in [2.24, 2.45) is 0 Å². The minimum Gasteiger partial charge on any atom is -0.333 e. The van der Waals surface area contributed by atoms with Crippen LogP contribution in [0.5, 0.6) is 0 Å². The molecule has 0 saturated carbocycles. The average Bonchev–Trinajstić information content (AvgIpc) is 3.70. The smallest absolute Gasteiger partial charge is 0.0998 e. The number of anilines is 2. The lowest BCUT2D eigenvalue weighted by atomic mass is 9.88. The molecule has 6 aromatic rings. The van der Waals surface area contributed by atoms with E-state index in [1.807, 2.05) is 42.5 Å². The first-order valence-corrected chi connectivity index (χ1v) is 16.8. The Bertz CT molecular complexity index is 2650. The van der Waals surface area contributed by atoms with Crippen molar-refractivity contribution in [1.29, 1.82) is 15.8 Å². The Morgan fingerprint density at radius 2 is 1.42 bits per heavy atom. The number of allylic oxidation sites excluding steroid dienone is 6. The van der Waals surface area contributed by atoms with Crippen molar-refractivity contribution >= 4 is 38.8 Å². The van der Waals surface area contributed by atoms with Gasteiger partial charge in [-0.15, -0.1) is 0 Å². The Balaban J connectivity index is 1.11. The first kappa shape index (κ1) is 29.3. The van der Waals surface area contributed by atoms with E-state index in [9.17, 15) is 15.8 Å². The standard InChI is InChI=1S/C45H29N5/c46-26-29-16-23-43-39(24-29)36-10-2-5-13-41(36)49(43)34-21-19-30(20-22-34)38-25-31(17-18-32(38)27-47)35-9-1-4-12-40(35)50-42-14-6-3-11-37(42)45-33(28-48)8-7-15-44(45)50/h1-21,23-25,34,37,42H,22H2. The second-order valence-electron chi connectivity index (χ2n) is 12.9. The molecule has 0 N–H and O–H groups in total. The quantitative estimate of drug-likeness (QED) is 0.192. The van der Waals surface area contributed by atoms with Gasteiger partial charge >= 0.3 is 0 Å². The molecule has 0 bridgehead atoms. The molecule has 3 atom stereocenters. The first-order chi connectivity index (χ1) is 24.7. The van der Waals surface area contributed by atoms with Crippen LogP contribution < -0.4 is 4.90 Å². The van der Waals surface area contributed by atoms with Crippen LogP contribution in [0.25, 0.3) is 38.5 Å². The Labute approximate surface area is 290 Å². The molecule has 234 valence electrons. The zero-order chi connectivity index (χ0) is 33.8. The second-order valence-corrected chi connectivity index (χ2v) is 12.9. The van der Waals surface area contributed by atoms with Crippen LogP contribution in [0, 0.1) is 34.0 Å². The van der Waals surface area contributed by atoms with Gasteiger partial charge in [-0.2, -0.15) is 15.8 Å². The Hall–Kier alpha value is -6.87. The Kier molecular flexibility index (Phi) is 6.84. The molecule has 5 nitrogen and oxygen atoms in total. The molecule has 2 heterocycles. The molecule has 0 saturated heterocycles. The lowest BCUT2D eigenvalue weighted by Crippen LogP contribution is -2.28. The molecule has 1 aliphatic heterocycles. The fraction of sp³-hybridized carbons (Fsp3) is 0.0889. The third-order valence-corrected chi connectivity index (χ3v) is 10.4. The zero-order valence-corrected chi connectivity index (χ0v) is 27.0. The van der Waals surface area contributed by atoms with Crippen molar-refractivity contribution in [2.45, 2.75) is 24.4 Å². The molecule has 1 aromatic heterocycles. The molecular formula is C45H29N5. The normalized spacial score (nSPS) is 18.7. The lowest BCUT2D eigenvalue weighted by Gasteiger charge is -2.30. The van der Waals surface area contributed by atoms with E-state index in [-0.39, 0.29) is 18.0 Å². The summed E-state index contributed by atoms with van der Waals surface area (Å²) in [7, 11) is 0. The highest BCUT2D eigenvalue weighted by atomic mass is 15.2. The predicted molar refractivity (Wildman–Crippen MR) is 200 cm³/mol. The van der Waals surface area contributed by atoms with Gasteiger partial charge in [-0.1, -0.05) is 91.1 Å². The number of fused-ring (bicyclic) bond motifs is 6. The van der Waals surface area contributed by atoms with Gasteiger partial charge in [0.1, 0.15) is 0 Å². The van der Waals surface area contributed by atoms with E-state index in [1.165, 1.54) is 0 Å². The van der Waals surface area contributed by atoms with Gasteiger partial charge in [0.15, 0.2) is 0 Å². The third-order valence-electron chi connectivity index (χ3n) is 10.4. The molecule has 3 unspecified atom stereocenters. The zero-order valence-electron chi connectivity index (χ0n) is 27.0. The van der Waals surface area contributed by atoms with Crippen molar-refractivity contribution in [3.63, 3.8) is 0 Å². The van der Waals surface area contributed by atoms with Crippen molar-refractivity contribution in [3.05, 3.63) is 173 Å². The highest BCUT2D eigenvalue weighted by Gasteiger charge is 2.39. The maximum atomic E-state index is 10.2. The van der Waals surface area contributed by atoms with Crippen LogP contribution in [0.15, 0.2) is 146 Å². The third kappa shape index (κ3) is 4.44. The molecule has 2 aliphatic carbocycles. The van der Waals surface area contributed by atoms with Gasteiger partial charge < -0.3 is 9.47 Å². The van der Waals surface area contributed by atoms with Gasteiger partial charge in [0, 0.05) is 50.2 Å². The molecule has 0 radical (unpaired) electrons. The van der Waals surface area contributed by atoms with E-state index in [0.717, 1.165) is 67.4 Å². The number of nitrogens with zero attached hydrogens (tertiary/aromatic N) is 5. The minimum atomic E-state index is 0.0526. The number of benzene rings is 5. The van der Waals surface area contributed by atoms with Gasteiger partial charge in [-0.3, -0.25) is 0 Å². The highest BCUT2D eigenvalue weighted by Crippen LogP contribution is 2.51. The fourth-order valence-electron chi connectivity index (χ4n) is 8.18. The molecular weight excluding hydrogens is 611 g/mol. The number of nitriles is 3. The van der Waals surface area contributed by atoms with Crippen LogP contribution in [-0.4, -0.2) is 10.6 Å². The fourth-order valence-corrected chi connectivity index (χ4v) is 8.18. The summed E-state index contributed by atoms with van der Waals surface area (Å²) in [6.45, 7) is 0. The van der Waals surface area contributed by atoms with Crippen LogP contribution >= 0.6 is 0 Å². The van der Waals surface area contributed by atoms with Crippen molar-refractivity contribution in [1.82, 2.24) is 4.57 Å². The van der Waals surface area contributed by atoms with Crippen molar-refractivity contribution in [3.8, 4) is 29.3 Å². The molecule has 9 rings (SSSR count). The topological polar surface area (TPSA) is 79.5 Å². The van der Waals surface area contributed by atoms with E-state index in [4.69, 9.17) is 0 Å². The number of hydrogen-bond donors (Lipinski definition) is 0. The van der Waals surface area contributed by atoms with Crippen LogP contribution in [-0.2, 0) is 0 Å². The molecule has 0 spiro atoms. The van der Waals surface area contributed by atoms with E-state index in [1.54, 1.807) is 0 Å². The van der Waals surface area contributed by atoms with Gasteiger partial charge in [-0.25, -0.2) is 0 Å². The summed E-state index contributed by atoms with van der Waals surface area (Å²) in [6, 6.07) is 42.1.